The molecule has 0 amide bonds. The Bertz CT molecular complexity index is 518. The van der Waals surface area contributed by atoms with Crippen molar-refractivity contribution in [1.82, 2.24) is 0 Å². The first kappa shape index (κ1) is 16.3. The summed E-state index contributed by atoms with van der Waals surface area (Å²) in [6.45, 7) is 8.40. The maximum absolute atomic E-state index is 5.50. The Morgan fingerprint density at radius 3 is 2.71 bits per heavy atom. The zero-order valence-corrected chi connectivity index (χ0v) is 14.2. The molecular weight excluding hydrogens is 276 g/mol. The van der Waals surface area contributed by atoms with Crippen LogP contribution in [0, 0.1) is 0 Å². The van der Waals surface area contributed by atoms with Crippen LogP contribution in [0.5, 0.6) is 0 Å². The summed E-state index contributed by atoms with van der Waals surface area (Å²) in [5.41, 5.74) is 4.35. The molecule has 0 fully saturated rings. The maximum Gasteiger partial charge on any atom is 0.0719 e. The Morgan fingerprint density at radius 2 is 2.05 bits per heavy atom. The number of fused-ring (bicyclic) bond motifs is 1. The average molecular weight is 302 g/mol. The molecule has 2 heteroatoms. The van der Waals surface area contributed by atoms with Gasteiger partial charge in [0.2, 0.25) is 0 Å². The molecule has 0 spiro atoms. The summed E-state index contributed by atoms with van der Waals surface area (Å²) in [7, 11) is 0. The lowest BCUT2D eigenvalue weighted by atomic mass is 9.91. The highest BCUT2D eigenvalue weighted by molar-refractivity contribution is 7.07. The normalized spacial score (nSPS) is 18.3. The lowest BCUT2D eigenvalue weighted by molar-refractivity contribution is 0.0900. The number of ether oxygens (including phenoxy) is 1. The molecule has 0 N–H and O–H groups in total. The topological polar surface area (TPSA) is 9.23 Å². The molecule has 0 bridgehead atoms. The lowest BCUT2D eigenvalue weighted by Gasteiger charge is -2.24. The van der Waals surface area contributed by atoms with Gasteiger partial charge in [0.25, 0.3) is 0 Å². The van der Waals surface area contributed by atoms with Crippen molar-refractivity contribution in [2.45, 2.75) is 52.1 Å². The second kappa shape index (κ2) is 8.35. The van der Waals surface area contributed by atoms with Crippen molar-refractivity contribution in [1.29, 1.82) is 0 Å². The van der Waals surface area contributed by atoms with Crippen LogP contribution in [0.25, 0.3) is 0 Å². The highest BCUT2D eigenvalue weighted by Gasteiger charge is 2.17. The molecular formula is C19H26OS. The average Bonchev–Trinajstić information content (AvgIpc) is 3.08. The molecule has 2 heterocycles. The van der Waals surface area contributed by atoms with E-state index in [-0.39, 0.29) is 0 Å². The second-order valence-electron chi connectivity index (χ2n) is 5.69. The van der Waals surface area contributed by atoms with E-state index in [0.717, 1.165) is 19.1 Å². The third-order valence-electron chi connectivity index (χ3n) is 4.29. The van der Waals surface area contributed by atoms with Crippen molar-refractivity contribution < 1.29 is 4.74 Å². The third kappa shape index (κ3) is 4.42. The SMILES string of the molecule is CCC(C)c1ccsc1.CCC1COCc2ccccc21. The minimum Gasteiger partial charge on any atom is -0.376 e. The Labute approximate surface area is 133 Å². The number of hydrogen-bond acceptors (Lipinski definition) is 2. The molecule has 0 aliphatic carbocycles. The zero-order valence-electron chi connectivity index (χ0n) is 13.3. The smallest absolute Gasteiger partial charge is 0.0719 e. The summed E-state index contributed by atoms with van der Waals surface area (Å²) < 4.78 is 5.50. The van der Waals surface area contributed by atoms with Gasteiger partial charge in [-0.25, -0.2) is 0 Å². The lowest BCUT2D eigenvalue weighted by Crippen LogP contribution is -2.15. The van der Waals surface area contributed by atoms with Gasteiger partial charge in [-0.2, -0.15) is 11.3 Å². The van der Waals surface area contributed by atoms with E-state index in [9.17, 15) is 0 Å². The summed E-state index contributed by atoms with van der Waals surface area (Å²) in [5, 5.41) is 4.37. The zero-order chi connectivity index (χ0) is 15.1. The van der Waals surface area contributed by atoms with Crippen molar-refractivity contribution in [3.05, 3.63) is 57.8 Å². The summed E-state index contributed by atoms with van der Waals surface area (Å²) in [6.07, 6.45) is 2.42. The molecule has 1 aromatic carbocycles. The second-order valence-corrected chi connectivity index (χ2v) is 6.47. The molecule has 2 atom stereocenters. The fourth-order valence-electron chi connectivity index (χ4n) is 2.59. The van der Waals surface area contributed by atoms with Crippen molar-refractivity contribution in [2.24, 2.45) is 0 Å². The van der Waals surface area contributed by atoms with Gasteiger partial charge in [-0.05, 0) is 52.3 Å². The number of hydrogen-bond donors (Lipinski definition) is 0. The maximum atomic E-state index is 5.50. The van der Waals surface area contributed by atoms with Gasteiger partial charge in [-0.3, -0.25) is 0 Å². The molecule has 21 heavy (non-hydrogen) atoms. The van der Waals surface area contributed by atoms with Crippen LogP contribution >= 0.6 is 11.3 Å². The first-order chi connectivity index (χ1) is 10.3. The quantitative estimate of drug-likeness (QED) is 0.678. The standard InChI is InChI=1S/C11H14O.C8H12S/c1-2-9-7-12-8-10-5-3-4-6-11(9)10;1-3-7(2)8-4-5-9-6-8/h3-6,9H,2,7-8H2,1H3;4-7H,3H2,1-2H3. The molecule has 114 valence electrons. The van der Waals surface area contributed by atoms with E-state index in [1.54, 1.807) is 11.3 Å². The number of rotatable bonds is 3. The molecule has 1 aliphatic heterocycles. The molecule has 1 aliphatic rings. The van der Waals surface area contributed by atoms with Crippen molar-refractivity contribution in [3.8, 4) is 0 Å². The van der Waals surface area contributed by atoms with Crippen molar-refractivity contribution >= 4 is 11.3 Å². The van der Waals surface area contributed by atoms with E-state index in [1.807, 2.05) is 0 Å². The fourth-order valence-corrected chi connectivity index (χ4v) is 3.38. The predicted molar refractivity (Wildman–Crippen MR) is 92.2 cm³/mol. The van der Waals surface area contributed by atoms with Gasteiger partial charge >= 0.3 is 0 Å². The van der Waals surface area contributed by atoms with E-state index in [2.05, 4.69) is 61.9 Å². The largest absolute Gasteiger partial charge is 0.376 e. The summed E-state index contributed by atoms with van der Waals surface area (Å²) in [6, 6.07) is 10.8. The Kier molecular flexibility index (Phi) is 6.47. The van der Waals surface area contributed by atoms with Crippen LogP contribution in [0.15, 0.2) is 41.1 Å². The van der Waals surface area contributed by atoms with Crippen LogP contribution in [0.1, 0.15) is 62.1 Å². The molecule has 3 rings (SSSR count). The van der Waals surface area contributed by atoms with Gasteiger partial charge in [0.15, 0.2) is 0 Å². The number of benzene rings is 1. The molecule has 0 saturated heterocycles. The highest BCUT2D eigenvalue weighted by atomic mass is 32.1. The van der Waals surface area contributed by atoms with Crippen molar-refractivity contribution in [3.63, 3.8) is 0 Å². The summed E-state index contributed by atoms with van der Waals surface area (Å²) in [5.74, 6) is 1.37. The predicted octanol–water partition coefficient (Wildman–Crippen LogP) is 5.97. The van der Waals surface area contributed by atoms with Gasteiger partial charge < -0.3 is 4.74 Å². The van der Waals surface area contributed by atoms with E-state index < -0.39 is 0 Å². The van der Waals surface area contributed by atoms with Crippen molar-refractivity contribution in [2.75, 3.05) is 6.61 Å². The van der Waals surface area contributed by atoms with E-state index in [4.69, 9.17) is 4.74 Å². The number of thiophene rings is 1. The molecule has 1 nitrogen and oxygen atoms in total. The molecule has 0 saturated carbocycles. The third-order valence-corrected chi connectivity index (χ3v) is 4.99. The Morgan fingerprint density at radius 1 is 1.24 bits per heavy atom. The molecule has 1 aromatic heterocycles. The first-order valence-corrected chi connectivity index (χ1v) is 8.88. The summed E-state index contributed by atoms with van der Waals surface area (Å²) >= 11 is 1.78. The monoisotopic (exact) mass is 302 g/mol. The molecule has 0 radical (unpaired) electrons. The van der Waals surface area contributed by atoms with Crippen LogP contribution in [0.2, 0.25) is 0 Å². The van der Waals surface area contributed by atoms with Gasteiger partial charge in [-0.15, -0.1) is 0 Å². The highest BCUT2D eigenvalue weighted by Crippen LogP contribution is 2.28. The van der Waals surface area contributed by atoms with Gasteiger partial charge in [0.05, 0.1) is 13.2 Å². The Balaban J connectivity index is 0.000000161. The molecule has 2 unspecified atom stereocenters. The minimum atomic E-state index is 0.620. The van der Waals surface area contributed by atoms with Crippen LogP contribution in [-0.2, 0) is 11.3 Å². The van der Waals surface area contributed by atoms with Crippen LogP contribution in [-0.4, -0.2) is 6.61 Å². The van der Waals surface area contributed by atoms with Gasteiger partial charge in [0.1, 0.15) is 0 Å². The van der Waals surface area contributed by atoms with E-state index >= 15 is 0 Å². The van der Waals surface area contributed by atoms with Crippen LogP contribution in [0.4, 0.5) is 0 Å². The Hall–Kier alpha value is -1.12. The van der Waals surface area contributed by atoms with Crippen LogP contribution in [0.3, 0.4) is 0 Å². The van der Waals surface area contributed by atoms with E-state index in [0.29, 0.717) is 5.92 Å². The van der Waals surface area contributed by atoms with Gasteiger partial charge in [0, 0.05) is 5.92 Å². The fraction of sp³-hybridized carbons (Fsp3) is 0.474. The van der Waals surface area contributed by atoms with Crippen LogP contribution < -0.4 is 0 Å². The molecule has 2 aromatic rings. The first-order valence-electron chi connectivity index (χ1n) is 7.93. The van der Waals surface area contributed by atoms with E-state index in [1.165, 1.54) is 29.5 Å². The van der Waals surface area contributed by atoms with Gasteiger partial charge in [-0.1, -0.05) is 45.0 Å². The summed E-state index contributed by atoms with van der Waals surface area (Å²) in [4.78, 5) is 0. The minimum absolute atomic E-state index is 0.620.